The van der Waals surface area contributed by atoms with Crippen LogP contribution in [0.1, 0.15) is 40.5 Å². The molecule has 1 amide bonds. The number of hydrogen-bond donors (Lipinski definition) is 0. The molecule has 1 heterocycles. The Kier molecular flexibility index (Phi) is 9.33. The summed E-state index contributed by atoms with van der Waals surface area (Å²) in [6, 6.07) is 1.76. The van der Waals surface area contributed by atoms with Gasteiger partial charge in [0.2, 0.25) is 5.91 Å². The van der Waals surface area contributed by atoms with Gasteiger partial charge in [0, 0.05) is 32.2 Å². The summed E-state index contributed by atoms with van der Waals surface area (Å²) in [7, 11) is 0. The minimum absolute atomic E-state index is 0.131. The van der Waals surface area contributed by atoms with Crippen molar-refractivity contribution in [2.75, 3.05) is 36.8 Å². The van der Waals surface area contributed by atoms with Crippen molar-refractivity contribution in [3.8, 4) is 0 Å². The van der Waals surface area contributed by atoms with Gasteiger partial charge in [0.15, 0.2) is 5.16 Å². The fraction of sp³-hybridized carbons (Fsp3) is 0.688. The average Bonchev–Trinajstić information content (AvgIpc) is 2.53. The molecule has 1 rings (SSSR count). The van der Waals surface area contributed by atoms with Crippen molar-refractivity contribution in [3.63, 3.8) is 0 Å². The number of halogens is 1. The first kappa shape index (κ1) is 20.0. The Hall–Kier alpha value is -1.01. The summed E-state index contributed by atoms with van der Waals surface area (Å²) >= 11 is 7.45. The minimum atomic E-state index is 0.131. The quantitative estimate of drug-likeness (QED) is 0.362. The lowest BCUT2D eigenvalue weighted by molar-refractivity contribution is -0.128. The average molecular weight is 359 g/mol. The van der Waals surface area contributed by atoms with Gasteiger partial charge in [-0.3, -0.25) is 4.79 Å². The van der Waals surface area contributed by atoms with Gasteiger partial charge < -0.3 is 9.80 Å². The van der Waals surface area contributed by atoms with Gasteiger partial charge in [0.25, 0.3) is 0 Å². The molecule has 0 aliphatic rings. The molecule has 1 aromatic rings. The normalized spacial score (nSPS) is 10.7. The van der Waals surface area contributed by atoms with Gasteiger partial charge >= 0.3 is 0 Å². The lowest BCUT2D eigenvalue weighted by Gasteiger charge is -2.22. The largest absolute Gasteiger partial charge is 0.357 e. The van der Waals surface area contributed by atoms with E-state index in [4.69, 9.17) is 11.6 Å². The Morgan fingerprint density at radius 2 is 1.74 bits per heavy atom. The predicted molar refractivity (Wildman–Crippen MR) is 98.5 cm³/mol. The highest BCUT2D eigenvalue weighted by atomic mass is 35.5. The summed E-state index contributed by atoms with van der Waals surface area (Å²) < 4.78 is 0. The molecule has 0 saturated heterocycles. The molecule has 0 unspecified atom stereocenters. The van der Waals surface area contributed by atoms with Gasteiger partial charge in [-0.25, -0.2) is 9.97 Å². The van der Waals surface area contributed by atoms with Crippen LogP contribution >= 0.6 is 23.4 Å². The maximum absolute atomic E-state index is 12.3. The zero-order valence-corrected chi connectivity index (χ0v) is 16.1. The molecule has 0 fully saturated rings. The number of hydrogen-bond acceptors (Lipinski definition) is 5. The number of amides is 1. The van der Waals surface area contributed by atoms with Crippen LogP contribution in [0, 0.1) is 0 Å². The third-order valence-corrected chi connectivity index (χ3v) is 4.44. The molecule has 0 bridgehead atoms. The van der Waals surface area contributed by atoms with Crippen molar-refractivity contribution >= 4 is 35.1 Å². The maximum atomic E-state index is 12.3. The van der Waals surface area contributed by atoms with Crippen LogP contribution in [0.15, 0.2) is 11.2 Å². The van der Waals surface area contributed by atoms with E-state index in [2.05, 4.69) is 42.6 Å². The summed E-state index contributed by atoms with van der Waals surface area (Å²) in [6.45, 7) is 11.6. The van der Waals surface area contributed by atoms with Crippen LogP contribution in [0.4, 0.5) is 5.82 Å². The fourth-order valence-corrected chi connectivity index (χ4v) is 3.26. The number of carbonyl (C=O) groups is 1. The van der Waals surface area contributed by atoms with E-state index in [1.807, 2.05) is 4.90 Å². The SMILES string of the molecule is CCCN(CCC)C(=O)CSc1nc(Cl)cc(N(CC)CC)n1. The van der Waals surface area contributed by atoms with Gasteiger partial charge in [0.05, 0.1) is 5.75 Å². The lowest BCUT2D eigenvalue weighted by Crippen LogP contribution is -2.33. The first-order valence-electron chi connectivity index (χ1n) is 8.25. The standard InChI is InChI=1S/C16H27ClN4OS/c1-5-9-21(10-6-2)15(22)12-23-16-18-13(17)11-14(19-16)20(7-3)8-4/h11H,5-10,12H2,1-4H3. The molecule has 23 heavy (non-hydrogen) atoms. The first-order chi connectivity index (χ1) is 11.0. The summed E-state index contributed by atoms with van der Waals surface area (Å²) in [4.78, 5) is 25.1. The van der Waals surface area contributed by atoms with Crippen LogP contribution in [0.3, 0.4) is 0 Å². The molecule has 0 aromatic carbocycles. The van der Waals surface area contributed by atoms with Crippen molar-refractivity contribution in [3.05, 3.63) is 11.2 Å². The van der Waals surface area contributed by atoms with Crippen LogP contribution < -0.4 is 4.90 Å². The minimum Gasteiger partial charge on any atom is -0.357 e. The van der Waals surface area contributed by atoms with Gasteiger partial charge in [-0.1, -0.05) is 37.2 Å². The van der Waals surface area contributed by atoms with E-state index < -0.39 is 0 Å². The molecule has 0 aliphatic carbocycles. The summed E-state index contributed by atoms with van der Waals surface area (Å²) in [6.07, 6.45) is 1.94. The predicted octanol–water partition coefficient (Wildman–Crippen LogP) is 3.72. The third-order valence-electron chi connectivity index (χ3n) is 3.41. The van der Waals surface area contributed by atoms with Crippen LogP contribution in [0.5, 0.6) is 0 Å². The second-order valence-electron chi connectivity index (χ2n) is 5.17. The molecule has 0 aliphatic heterocycles. The lowest BCUT2D eigenvalue weighted by atomic mass is 10.3. The number of rotatable bonds is 10. The second-order valence-corrected chi connectivity index (χ2v) is 6.50. The highest BCUT2D eigenvalue weighted by molar-refractivity contribution is 7.99. The van der Waals surface area contributed by atoms with Crippen LogP contribution in [-0.2, 0) is 4.79 Å². The van der Waals surface area contributed by atoms with E-state index in [0.717, 1.165) is 44.8 Å². The zero-order valence-electron chi connectivity index (χ0n) is 14.5. The van der Waals surface area contributed by atoms with Crippen LogP contribution in [0.25, 0.3) is 0 Å². The van der Waals surface area contributed by atoms with E-state index in [9.17, 15) is 4.79 Å². The molecule has 1 aromatic heterocycles. The monoisotopic (exact) mass is 358 g/mol. The summed E-state index contributed by atoms with van der Waals surface area (Å²) in [5.74, 6) is 1.29. The Balaban J connectivity index is 2.75. The Morgan fingerprint density at radius 1 is 1.13 bits per heavy atom. The molecular formula is C16H27ClN4OS. The van der Waals surface area contributed by atoms with Crippen molar-refractivity contribution in [2.45, 2.75) is 45.7 Å². The molecular weight excluding hydrogens is 332 g/mol. The van der Waals surface area contributed by atoms with E-state index >= 15 is 0 Å². The van der Waals surface area contributed by atoms with Crippen molar-refractivity contribution < 1.29 is 4.79 Å². The number of anilines is 1. The third kappa shape index (κ3) is 6.55. The fourth-order valence-electron chi connectivity index (χ4n) is 2.28. The number of nitrogens with zero attached hydrogens (tertiary/aromatic N) is 4. The second kappa shape index (κ2) is 10.7. The Labute approximate surface area is 148 Å². The molecule has 0 saturated carbocycles. The van der Waals surface area contributed by atoms with E-state index in [1.165, 1.54) is 11.8 Å². The summed E-state index contributed by atoms with van der Waals surface area (Å²) in [5, 5.41) is 0.969. The van der Waals surface area contributed by atoms with E-state index in [1.54, 1.807) is 6.07 Å². The zero-order chi connectivity index (χ0) is 17.2. The highest BCUT2D eigenvalue weighted by Gasteiger charge is 2.14. The first-order valence-corrected chi connectivity index (χ1v) is 9.62. The van der Waals surface area contributed by atoms with Gasteiger partial charge in [-0.15, -0.1) is 0 Å². The van der Waals surface area contributed by atoms with Crippen molar-refractivity contribution in [1.82, 2.24) is 14.9 Å². The van der Waals surface area contributed by atoms with Crippen molar-refractivity contribution in [2.24, 2.45) is 0 Å². The number of carbonyl (C=O) groups excluding carboxylic acids is 1. The van der Waals surface area contributed by atoms with Crippen LogP contribution in [0.2, 0.25) is 5.15 Å². The van der Waals surface area contributed by atoms with Gasteiger partial charge in [-0.2, -0.15) is 0 Å². The topological polar surface area (TPSA) is 49.3 Å². The van der Waals surface area contributed by atoms with Gasteiger partial charge in [-0.05, 0) is 26.7 Å². The molecule has 130 valence electrons. The van der Waals surface area contributed by atoms with Gasteiger partial charge in [0.1, 0.15) is 11.0 Å². The van der Waals surface area contributed by atoms with Crippen molar-refractivity contribution in [1.29, 1.82) is 0 Å². The molecule has 0 radical (unpaired) electrons. The molecule has 5 nitrogen and oxygen atoms in total. The molecule has 0 spiro atoms. The van der Waals surface area contributed by atoms with E-state index in [0.29, 0.717) is 16.1 Å². The number of aromatic nitrogens is 2. The molecule has 0 N–H and O–H groups in total. The van der Waals surface area contributed by atoms with E-state index in [-0.39, 0.29) is 5.91 Å². The molecule has 7 heteroatoms. The number of thioether (sulfide) groups is 1. The maximum Gasteiger partial charge on any atom is 0.233 e. The molecule has 0 atom stereocenters. The summed E-state index contributed by atoms with van der Waals surface area (Å²) in [5.41, 5.74) is 0. The van der Waals surface area contributed by atoms with Crippen LogP contribution in [-0.4, -0.2) is 52.7 Å². The Bertz CT molecular complexity index is 491. The highest BCUT2D eigenvalue weighted by Crippen LogP contribution is 2.22. The smallest absolute Gasteiger partial charge is 0.233 e. The Morgan fingerprint density at radius 3 is 2.26 bits per heavy atom.